The number of nitrogens with zero attached hydrogens (tertiary/aromatic N) is 2. The van der Waals surface area contributed by atoms with Gasteiger partial charge in [0.1, 0.15) is 5.82 Å². The lowest BCUT2D eigenvalue weighted by atomic mass is 10.1. The van der Waals surface area contributed by atoms with Gasteiger partial charge in [-0.2, -0.15) is 4.99 Å². The molecule has 0 saturated heterocycles. The van der Waals surface area contributed by atoms with Crippen molar-refractivity contribution in [2.45, 2.75) is 33.7 Å². The molecule has 0 saturated carbocycles. The highest BCUT2D eigenvalue weighted by atomic mass is 32.1. The van der Waals surface area contributed by atoms with Gasteiger partial charge in [0.05, 0.1) is 16.6 Å². The Balaban J connectivity index is 2.01. The van der Waals surface area contributed by atoms with Gasteiger partial charge in [-0.3, -0.25) is 4.79 Å². The molecule has 3 aromatic rings. The summed E-state index contributed by atoms with van der Waals surface area (Å²) >= 11 is 1.54. The van der Waals surface area contributed by atoms with Crippen LogP contribution >= 0.6 is 11.3 Å². The highest BCUT2D eigenvalue weighted by Gasteiger charge is 2.10. The van der Waals surface area contributed by atoms with Crippen molar-refractivity contribution in [2.75, 3.05) is 0 Å². The summed E-state index contributed by atoms with van der Waals surface area (Å²) in [5.41, 5.74) is 4.28. The molecule has 0 bridgehead atoms. The van der Waals surface area contributed by atoms with Crippen LogP contribution in [0.25, 0.3) is 10.2 Å². The molecule has 1 amide bonds. The number of fused-ring (bicyclic) bond motifs is 1. The molecule has 0 N–H and O–H groups in total. The molecule has 0 atom stereocenters. The van der Waals surface area contributed by atoms with Gasteiger partial charge >= 0.3 is 0 Å². The van der Waals surface area contributed by atoms with Crippen LogP contribution in [-0.4, -0.2) is 10.5 Å². The molecule has 0 unspecified atom stereocenters. The molecule has 0 aliphatic carbocycles. The number of halogens is 1. The fourth-order valence-electron chi connectivity index (χ4n) is 2.83. The Labute approximate surface area is 144 Å². The third-order valence-corrected chi connectivity index (χ3v) is 5.15. The number of amides is 1. The number of carbonyl (C=O) groups excluding carboxylic acids is 1. The Morgan fingerprint density at radius 1 is 1.21 bits per heavy atom. The first-order chi connectivity index (χ1) is 11.5. The van der Waals surface area contributed by atoms with Crippen LogP contribution in [-0.2, 0) is 17.8 Å². The first-order valence-corrected chi connectivity index (χ1v) is 8.72. The van der Waals surface area contributed by atoms with Crippen molar-refractivity contribution in [3.8, 4) is 0 Å². The Morgan fingerprint density at radius 3 is 2.58 bits per heavy atom. The highest BCUT2D eigenvalue weighted by molar-refractivity contribution is 7.16. The SMILES string of the molecule is CCn1c(=NC(=O)Cc2ccc(F)cc2)sc2c(C)cc(C)cc21. The number of thiazole rings is 1. The molecule has 5 heteroatoms. The topological polar surface area (TPSA) is 34.4 Å². The van der Waals surface area contributed by atoms with E-state index in [0.717, 1.165) is 22.3 Å². The van der Waals surface area contributed by atoms with Gasteiger partial charge in [0.25, 0.3) is 5.91 Å². The molecule has 0 aliphatic rings. The van der Waals surface area contributed by atoms with E-state index in [9.17, 15) is 9.18 Å². The second-order valence-corrected chi connectivity index (χ2v) is 6.85. The molecule has 0 fully saturated rings. The van der Waals surface area contributed by atoms with Crippen molar-refractivity contribution >= 4 is 27.5 Å². The number of aromatic nitrogens is 1. The largest absolute Gasteiger partial charge is 0.317 e. The molecule has 1 heterocycles. The number of rotatable bonds is 3. The number of carbonyl (C=O) groups is 1. The number of aryl methyl sites for hydroxylation is 3. The van der Waals surface area contributed by atoms with Gasteiger partial charge < -0.3 is 4.57 Å². The molecule has 2 aromatic carbocycles. The third-order valence-electron chi connectivity index (χ3n) is 3.92. The smallest absolute Gasteiger partial charge is 0.252 e. The van der Waals surface area contributed by atoms with Crippen molar-refractivity contribution in [1.29, 1.82) is 0 Å². The van der Waals surface area contributed by atoms with E-state index in [0.29, 0.717) is 4.80 Å². The summed E-state index contributed by atoms with van der Waals surface area (Å²) in [6.45, 7) is 6.95. The average molecular weight is 342 g/mol. The lowest BCUT2D eigenvalue weighted by molar-refractivity contribution is -0.117. The predicted molar refractivity (Wildman–Crippen MR) is 95.6 cm³/mol. The fourth-order valence-corrected chi connectivity index (χ4v) is 3.99. The zero-order chi connectivity index (χ0) is 17.3. The highest BCUT2D eigenvalue weighted by Crippen LogP contribution is 2.23. The van der Waals surface area contributed by atoms with E-state index in [4.69, 9.17) is 0 Å². The van der Waals surface area contributed by atoms with Gasteiger partial charge in [0.2, 0.25) is 0 Å². The minimum atomic E-state index is -0.303. The second-order valence-electron chi connectivity index (χ2n) is 5.87. The van der Waals surface area contributed by atoms with Crippen molar-refractivity contribution in [2.24, 2.45) is 4.99 Å². The Hall–Kier alpha value is -2.27. The van der Waals surface area contributed by atoms with E-state index in [2.05, 4.69) is 35.5 Å². The molecule has 3 nitrogen and oxygen atoms in total. The molecule has 24 heavy (non-hydrogen) atoms. The summed E-state index contributed by atoms with van der Waals surface area (Å²) in [6, 6.07) is 10.2. The standard InChI is InChI=1S/C19H19FN2OS/c1-4-22-16-10-12(2)9-13(3)18(16)24-19(22)21-17(23)11-14-5-7-15(20)8-6-14/h5-10H,4,11H2,1-3H3. The lowest BCUT2D eigenvalue weighted by Crippen LogP contribution is -2.16. The predicted octanol–water partition coefficient (Wildman–Crippen LogP) is 4.15. The summed E-state index contributed by atoms with van der Waals surface area (Å²) in [5.74, 6) is -0.521. The lowest BCUT2D eigenvalue weighted by Gasteiger charge is -2.03. The van der Waals surface area contributed by atoms with Gasteiger partial charge in [-0.05, 0) is 55.7 Å². The monoisotopic (exact) mass is 342 g/mol. The third kappa shape index (κ3) is 3.31. The molecule has 124 valence electrons. The van der Waals surface area contributed by atoms with Gasteiger partial charge in [-0.1, -0.05) is 29.5 Å². The molecular weight excluding hydrogens is 323 g/mol. The van der Waals surface area contributed by atoms with Crippen LogP contribution in [0.1, 0.15) is 23.6 Å². The summed E-state index contributed by atoms with van der Waals surface area (Å²) in [5, 5.41) is 0. The van der Waals surface area contributed by atoms with E-state index in [1.54, 1.807) is 23.5 Å². The molecule has 0 spiro atoms. The van der Waals surface area contributed by atoms with E-state index in [1.807, 2.05) is 6.92 Å². The molecule has 0 radical (unpaired) electrons. The van der Waals surface area contributed by atoms with Gasteiger partial charge in [-0.15, -0.1) is 0 Å². The van der Waals surface area contributed by atoms with Crippen LogP contribution in [0.3, 0.4) is 0 Å². The van der Waals surface area contributed by atoms with Crippen molar-refractivity contribution in [1.82, 2.24) is 4.57 Å². The normalized spacial score (nSPS) is 12.1. The fraction of sp³-hybridized carbons (Fsp3) is 0.263. The molecule has 0 aliphatic heterocycles. The Kier molecular flexibility index (Phi) is 4.62. The summed E-state index contributed by atoms with van der Waals surface area (Å²) in [4.78, 5) is 17.3. The Morgan fingerprint density at radius 2 is 1.92 bits per heavy atom. The van der Waals surface area contributed by atoms with Crippen molar-refractivity contribution in [3.63, 3.8) is 0 Å². The summed E-state index contributed by atoms with van der Waals surface area (Å²) in [6.07, 6.45) is 0.177. The van der Waals surface area contributed by atoms with Crippen LogP contribution in [0.15, 0.2) is 41.4 Å². The Bertz CT molecular complexity index is 967. The van der Waals surface area contributed by atoms with Crippen LogP contribution in [0.5, 0.6) is 0 Å². The average Bonchev–Trinajstić information content (AvgIpc) is 2.87. The number of benzene rings is 2. The van der Waals surface area contributed by atoms with Crippen molar-refractivity contribution in [3.05, 3.63) is 63.7 Å². The van der Waals surface area contributed by atoms with E-state index in [-0.39, 0.29) is 18.1 Å². The quantitative estimate of drug-likeness (QED) is 0.704. The maximum Gasteiger partial charge on any atom is 0.252 e. The van der Waals surface area contributed by atoms with E-state index >= 15 is 0 Å². The van der Waals surface area contributed by atoms with Gasteiger partial charge in [0.15, 0.2) is 4.80 Å². The molecule has 1 aromatic heterocycles. The van der Waals surface area contributed by atoms with E-state index in [1.165, 1.54) is 23.3 Å². The molecule has 3 rings (SSSR count). The van der Waals surface area contributed by atoms with E-state index < -0.39 is 0 Å². The minimum absolute atomic E-state index is 0.177. The minimum Gasteiger partial charge on any atom is -0.317 e. The first kappa shape index (κ1) is 16.6. The zero-order valence-electron chi connectivity index (χ0n) is 14.0. The summed E-state index contributed by atoms with van der Waals surface area (Å²) in [7, 11) is 0. The number of hydrogen-bond donors (Lipinski definition) is 0. The zero-order valence-corrected chi connectivity index (χ0v) is 14.8. The van der Waals surface area contributed by atoms with Crippen LogP contribution in [0, 0.1) is 19.7 Å². The first-order valence-electron chi connectivity index (χ1n) is 7.90. The summed E-state index contributed by atoms with van der Waals surface area (Å²) < 4.78 is 16.2. The maximum atomic E-state index is 12.9. The molecular formula is C19H19FN2OS. The van der Waals surface area contributed by atoms with Crippen LogP contribution in [0.2, 0.25) is 0 Å². The van der Waals surface area contributed by atoms with Crippen LogP contribution < -0.4 is 4.80 Å². The number of hydrogen-bond acceptors (Lipinski definition) is 2. The second kappa shape index (κ2) is 6.69. The van der Waals surface area contributed by atoms with Crippen LogP contribution in [0.4, 0.5) is 4.39 Å². The maximum absolute atomic E-state index is 12.9. The van der Waals surface area contributed by atoms with Crippen molar-refractivity contribution < 1.29 is 9.18 Å². The van der Waals surface area contributed by atoms with Gasteiger partial charge in [-0.25, -0.2) is 4.39 Å². The van der Waals surface area contributed by atoms with Gasteiger partial charge in [0, 0.05) is 6.54 Å².